The van der Waals surface area contributed by atoms with E-state index in [1.54, 1.807) is 12.1 Å². The molecule has 2 aromatic rings. The Hall–Kier alpha value is -3.06. The Morgan fingerprint density at radius 1 is 1.09 bits per heavy atom. The molecule has 7 heteroatoms. The summed E-state index contributed by atoms with van der Waals surface area (Å²) in [4.78, 5) is 36.4. The molecule has 0 aliphatic carbocycles. The van der Waals surface area contributed by atoms with Gasteiger partial charge in [0, 0.05) is 6.07 Å². The van der Waals surface area contributed by atoms with Gasteiger partial charge in [-0.3, -0.25) is 24.6 Å². The van der Waals surface area contributed by atoms with Gasteiger partial charge in [0.15, 0.2) is 0 Å². The molecule has 0 fully saturated rings. The summed E-state index contributed by atoms with van der Waals surface area (Å²) < 4.78 is 0. The fraction of sp³-hybridized carbons (Fsp3) is 0.125. The van der Waals surface area contributed by atoms with Crippen LogP contribution in [0.25, 0.3) is 0 Å². The standard InChI is InChI=1S/C16H13N3O4/c1-9-5-2-3-6-10(9)14(17)18-15(20)11-7-4-8-12(19(22)23)13(11)16(18)21/h2-8,14H,17H2,1H3. The molecule has 2 aromatic carbocycles. The second-order valence-corrected chi connectivity index (χ2v) is 5.24. The number of benzene rings is 2. The van der Waals surface area contributed by atoms with Crippen LogP contribution in [-0.4, -0.2) is 21.6 Å². The minimum atomic E-state index is -0.997. The van der Waals surface area contributed by atoms with E-state index in [1.165, 1.54) is 18.2 Å². The Labute approximate surface area is 131 Å². The zero-order valence-corrected chi connectivity index (χ0v) is 12.2. The summed E-state index contributed by atoms with van der Waals surface area (Å²) in [6.45, 7) is 1.82. The molecule has 3 rings (SSSR count). The number of rotatable bonds is 3. The van der Waals surface area contributed by atoms with Crippen molar-refractivity contribution < 1.29 is 14.5 Å². The number of fused-ring (bicyclic) bond motifs is 1. The number of aryl methyl sites for hydroxylation is 1. The van der Waals surface area contributed by atoms with E-state index in [9.17, 15) is 19.7 Å². The van der Waals surface area contributed by atoms with Crippen LogP contribution in [0, 0.1) is 17.0 Å². The van der Waals surface area contributed by atoms with E-state index in [0.29, 0.717) is 5.56 Å². The minimum Gasteiger partial charge on any atom is -0.307 e. The number of nitrogens with zero attached hydrogens (tertiary/aromatic N) is 2. The molecule has 1 heterocycles. The van der Waals surface area contributed by atoms with Crippen molar-refractivity contribution in [3.63, 3.8) is 0 Å². The first-order valence-corrected chi connectivity index (χ1v) is 6.90. The Bertz CT molecular complexity index is 847. The van der Waals surface area contributed by atoms with E-state index in [1.807, 2.05) is 19.1 Å². The van der Waals surface area contributed by atoms with Crippen molar-refractivity contribution in [1.29, 1.82) is 0 Å². The highest BCUT2D eigenvalue weighted by molar-refractivity contribution is 6.23. The van der Waals surface area contributed by atoms with E-state index in [-0.39, 0.29) is 16.8 Å². The van der Waals surface area contributed by atoms with E-state index in [0.717, 1.165) is 10.5 Å². The third-order valence-electron chi connectivity index (χ3n) is 3.91. The van der Waals surface area contributed by atoms with Crippen LogP contribution in [0.4, 0.5) is 5.69 Å². The summed E-state index contributed by atoms with van der Waals surface area (Å²) >= 11 is 0. The molecule has 0 bridgehead atoms. The SMILES string of the molecule is Cc1ccccc1C(N)N1C(=O)c2cccc([N+](=O)[O-])c2C1=O. The molecular formula is C16H13N3O4. The van der Waals surface area contributed by atoms with Crippen molar-refractivity contribution in [3.8, 4) is 0 Å². The summed E-state index contributed by atoms with van der Waals surface area (Å²) in [5.41, 5.74) is 6.96. The van der Waals surface area contributed by atoms with Gasteiger partial charge in [-0.1, -0.05) is 30.3 Å². The molecule has 1 atom stereocenters. The first-order valence-electron chi connectivity index (χ1n) is 6.90. The second-order valence-electron chi connectivity index (χ2n) is 5.24. The molecule has 2 amide bonds. The molecular weight excluding hydrogens is 298 g/mol. The molecule has 7 nitrogen and oxygen atoms in total. The van der Waals surface area contributed by atoms with E-state index in [4.69, 9.17) is 5.73 Å². The second kappa shape index (κ2) is 5.29. The lowest BCUT2D eigenvalue weighted by atomic mass is 10.1. The highest BCUT2D eigenvalue weighted by Gasteiger charge is 2.43. The fourth-order valence-electron chi connectivity index (χ4n) is 2.75. The molecule has 1 aliphatic rings. The van der Waals surface area contributed by atoms with Crippen LogP contribution in [0.3, 0.4) is 0 Å². The predicted molar refractivity (Wildman–Crippen MR) is 81.7 cm³/mol. The molecule has 0 aromatic heterocycles. The lowest BCUT2D eigenvalue weighted by Gasteiger charge is -2.23. The minimum absolute atomic E-state index is 0.00762. The van der Waals surface area contributed by atoms with Gasteiger partial charge in [-0.2, -0.15) is 0 Å². The summed E-state index contributed by atoms with van der Waals surface area (Å²) in [7, 11) is 0. The zero-order valence-electron chi connectivity index (χ0n) is 12.2. The number of amides is 2. The average molecular weight is 311 g/mol. The van der Waals surface area contributed by atoms with Crippen molar-refractivity contribution in [1.82, 2.24) is 4.90 Å². The molecule has 0 saturated heterocycles. The number of carbonyl (C=O) groups excluding carboxylic acids is 2. The van der Waals surface area contributed by atoms with Crippen molar-refractivity contribution >= 4 is 17.5 Å². The maximum absolute atomic E-state index is 12.6. The van der Waals surface area contributed by atoms with E-state index >= 15 is 0 Å². The number of carbonyl (C=O) groups is 2. The van der Waals surface area contributed by atoms with Crippen molar-refractivity contribution in [2.75, 3.05) is 0 Å². The van der Waals surface area contributed by atoms with E-state index < -0.39 is 22.9 Å². The first-order chi connectivity index (χ1) is 10.9. The number of nitro benzene ring substituents is 1. The highest BCUT2D eigenvalue weighted by Crippen LogP contribution is 2.34. The van der Waals surface area contributed by atoms with Crippen LogP contribution in [0.5, 0.6) is 0 Å². The van der Waals surface area contributed by atoms with Crippen LogP contribution in [0.2, 0.25) is 0 Å². The highest BCUT2D eigenvalue weighted by atomic mass is 16.6. The Balaban J connectivity index is 2.09. The van der Waals surface area contributed by atoms with Crippen LogP contribution in [-0.2, 0) is 0 Å². The smallest absolute Gasteiger partial charge is 0.282 e. The molecule has 2 N–H and O–H groups in total. The third kappa shape index (κ3) is 2.18. The zero-order chi connectivity index (χ0) is 16.7. The third-order valence-corrected chi connectivity index (χ3v) is 3.91. The van der Waals surface area contributed by atoms with Crippen LogP contribution < -0.4 is 5.73 Å². The topological polar surface area (TPSA) is 107 Å². The number of imide groups is 1. The average Bonchev–Trinajstić information content (AvgIpc) is 2.78. The van der Waals surface area contributed by atoms with E-state index in [2.05, 4.69) is 0 Å². The van der Waals surface area contributed by atoms with Gasteiger partial charge in [-0.15, -0.1) is 0 Å². The maximum Gasteiger partial charge on any atom is 0.282 e. The number of hydrogen-bond donors (Lipinski definition) is 1. The quantitative estimate of drug-likeness (QED) is 0.531. The summed E-state index contributed by atoms with van der Waals surface area (Å²) in [5, 5.41) is 11.1. The lowest BCUT2D eigenvalue weighted by Crippen LogP contribution is -2.39. The predicted octanol–water partition coefficient (Wildman–Crippen LogP) is 2.16. The van der Waals surface area contributed by atoms with Gasteiger partial charge in [0.2, 0.25) is 0 Å². The van der Waals surface area contributed by atoms with Gasteiger partial charge >= 0.3 is 0 Å². The van der Waals surface area contributed by atoms with Gasteiger partial charge in [-0.25, -0.2) is 0 Å². The molecule has 1 aliphatic heterocycles. The van der Waals surface area contributed by atoms with Gasteiger partial charge < -0.3 is 5.73 Å². The lowest BCUT2D eigenvalue weighted by molar-refractivity contribution is -0.385. The molecule has 0 saturated carbocycles. The number of hydrogen-bond acceptors (Lipinski definition) is 5. The van der Waals surface area contributed by atoms with Crippen molar-refractivity contribution in [2.24, 2.45) is 5.73 Å². The largest absolute Gasteiger partial charge is 0.307 e. The summed E-state index contributed by atoms with van der Waals surface area (Å²) in [6.07, 6.45) is -0.997. The van der Waals surface area contributed by atoms with Gasteiger partial charge in [0.1, 0.15) is 11.7 Å². The normalized spacial score (nSPS) is 14.8. The van der Waals surface area contributed by atoms with Gasteiger partial charge in [0.25, 0.3) is 17.5 Å². The number of nitrogens with two attached hydrogens (primary N) is 1. The van der Waals surface area contributed by atoms with Crippen LogP contribution in [0.15, 0.2) is 42.5 Å². The van der Waals surface area contributed by atoms with Crippen LogP contribution in [0.1, 0.15) is 38.0 Å². The maximum atomic E-state index is 12.6. The molecule has 0 radical (unpaired) electrons. The molecule has 0 spiro atoms. The van der Waals surface area contributed by atoms with Gasteiger partial charge in [-0.05, 0) is 24.1 Å². The monoisotopic (exact) mass is 311 g/mol. The molecule has 116 valence electrons. The first kappa shape index (κ1) is 14.9. The van der Waals surface area contributed by atoms with Crippen molar-refractivity contribution in [3.05, 3.63) is 74.8 Å². The Morgan fingerprint density at radius 2 is 1.78 bits per heavy atom. The van der Waals surface area contributed by atoms with Gasteiger partial charge in [0.05, 0.1) is 10.5 Å². The van der Waals surface area contributed by atoms with Crippen molar-refractivity contribution in [2.45, 2.75) is 13.1 Å². The summed E-state index contributed by atoms with van der Waals surface area (Å²) in [6, 6.07) is 11.1. The number of nitro groups is 1. The summed E-state index contributed by atoms with van der Waals surface area (Å²) in [5.74, 6) is -1.36. The Kier molecular flexibility index (Phi) is 3.42. The molecule has 1 unspecified atom stereocenters. The molecule has 23 heavy (non-hydrogen) atoms. The van der Waals surface area contributed by atoms with Crippen LogP contribution >= 0.6 is 0 Å². The fourth-order valence-corrected chi connectivity index (χ4v) is 2.75. The Morgan fingerprint density at radius 3 is 2.43 bits per heavy atom.